The molecular formula is C23H26N6O3. The van der Waals surface area contributed by atoms with Gasteiger partial charge in [-0.1, -0.05) is 18.2 Å². The Kier molecular flexibility index (Phi) is 6.34. The number of piperazine rings is 1. The van der Waals surface area contributed by atoms with Crippen LogP contribution < -0.4 is 20.9 Å². The van der Waals surface area contributed by atoms with E-state index in [9.17, 15) is 14.4 Å². The summed E-state index contributed by atoms with van der Waals surface area (Å²) < 4.78 is 0. The molecule has 2 aliphatic rings. The Labute approximate surface area is 186 Å². The molecule has 0 aliphatic carbocycles. The van der Waals surface area contributed by atoms with Gasteiger partial charge in [0.2, 0.25) is 17.8 Å². The molecule has 32 heavy (non-hydrogen) atoms. The number of hydrogen-bond acceptors (Lipinski definition) is 6. The van der Waals surface area contributed by atoms with Gasteiger partial charge in [-0.2, -0.15) is 0 Å². The SMILES string of the molecule is CC(=O)Nc1ccc(NC(=O)CC2N=C(N3CCN(c4ccccc4)CC3)NC2=O)cc1. The minimum absolute atomic E-state index is 0.0350. The molecule has 9 heteroatoms. The zero-order valence-electron chi connectivity index (χ0n) is 17.9. The highest BCUT2D eigenvalue weighted by molar-refractivity contribution is 6.07. The minimum Gasteiger partial charge on any atom is -0.368 e. The van der Waals surface area contributed by atoms with E-state index in [0.29, 0.717) is 17.3 Å². The van der Waals surface area contributed by atoms with E-state index in [1.807, 2.05) is 18.2 Å². The second kappa shape index (κ2) is 9.51. The minimum atomic E-state index is -0.740. The van der Waals surface area contributed by atoms with Crippen LogP contribution in [0.25, 0.3) is 0 Å². The first-order valence-corrected chi connectivity index (χ1v) is 10.6. The van der Waals surface area contributed by atoms with E-state index in [-0.39, 0.29) is 24.1 Å². The maximum absolute atomic E-state index is 12.4. The first-order valence-electron chi connectivity index (χ1n) is 10.6. The summed E-state index contributed by atoms with van der Waals surface area (Å²) in [5.74, 6) is -0.178. The smallest absolute Gasteiger partial charge is 0.252 e. The Morgan fingerprint density at radius 2 is 1.53 bits per heavy atom. The van der Waals surface area contributed by atoms with E-state index in [4.69, 9.17) is 0 Å². The lowest BCUT2D eigenvalue weighted by molar-refractivity contribution is -0.124. The van der Waals surface area contributed by atoms with Crippen molar-refractivity contribution >= 4 is 40.7 Å². The van der Waals surface area contributed by atoms with Crippen molar-refractivity contribution in [3.63, 3.8) is 0 Å². The summed E-state index contributed by atoms with van der Waals surface area (Å²) in [5.41, 5.74) is 2.42. The maximum atomic E-state index is 12.4. The zero-order chi connectivity index (χ0) is 22.5. The van der Waals surface area contributed by atoms with Crippen LogP contribution >= 0.6 is 0 Å². The fraction of sp³-hybridized carbons (Fsp3) is 0.304. The number of hydrogen-bond donors (Lipinski definition) is 3. The van der Waals surface area contributed by atoms with Gasteiger partial charge in [0, 0.05) is 50.2 Å². The first kappa shape index (κ1) is 21.4. The predicted molar refractivity (Wildman–Crippen MR) is 124 cm³/mol. The van der Waals surface area contributed by atoms with Gasteiger partial charge in [0.15, 0.2) is 0 Å². The van der Waals surface area contributed by atoms with Crippen molar-refractivity contribution in [1.82, 2.24) is 10.2 Å². The summed E-state index contributed by atoms with van der Waals surface area (Å²) in [4.78, 5) is 44.7. The molecule has 1 fully saturated rings. The van der Waals surface area contributed by atoms with Gasteiger partial charge in [-0.25, -0.2) is 4.99 Å². The molecule has 1 unspecified atom stereocenters. The topological polar surface area (TPSA) is 106 Å². The number of carbonyl (C=O) groups is 3. The van der Waals surface area contributed by atoms with Crippen LogP contribution in [0.15, 0.2) is 59.6 Å². The van der Waals surface area contributed by atoms with Crippen molar-refractivity contribution in [3.8, 4) is 0 Å². The van der Waals surface area contributed by atoms with Crippen LogP contribution in [-0.4, -0.2) is 60.8 Å². The van der Waals surface area contributed by atoms with Gasteiger partial charge >= 0.3 is 0 Å². The van der Waals surface area contributed by atoms with E-state index < -0.39 is 6.04 Å². The largest absolute Gasteiger partial charge is 0.368 e. The third-order valence-electron chi connectivity index (χ3n) is 5.38. The van der Waals surface area contributed by atoms with E-state index in [2.05, 4.69) is 42.9 Å². The Morgan fingerprint density at radius 1 is 0.938 bits per heavy atom. The first-order chi connectivity index (χ1) is 15.5. The third-order valence-corrected chi connectivity index (χ3v) is 5.38. The molecule has 0 aromatic heterocycles. The molecule has 0 radical (unpaired) electrons. The average Bonchev–Trinajstić information content (AvgIpc) is 3.15. The number of nitrogens with zero attached hydrogens (tertiary/aromatic N) is 3. The normalized spacial score (nSPS) is 18.1. The number of guanidine groups is 1. The van der Waals surface area contributed by atoms with Gasteiger partial charge in [-0.3, -0.25) is 19.7 Å². The molecule has 1 saturated heterocycles. The summed E-state index contributed by atoms with van der Waals surface area (Å²) in [6.45, 7) is 4.58. The molecule has 0 spiro atoms. The van der Waals surface area contributed by atoms with Gasteiger partial charge in [0.25, 0.3) is 5.91 Å². The number of aliphatic imine (C=N–C) groups is 1. The molecule has 166 valence electrons. The summed E-state index contributed by atoms with van der Waals surface area (Å²) in [5, 5.41) is 8.26. The van der Waals surface area contributed by atoms with Gasteiger partial charge in [0.05, 0.1) is 6.42 Å². The molecule has 2 heterocycles. The summed E-state index contributed by atoms with van der Waals surface area (Å²) in [6, 6.07) is 16.3. The second-order valence-electron chi connectivity index (χ2n) is 7.78. The number of para-hydroxylation sites is 1. The predicted octanol–water partition coefficient (Wildman–Crippen LogP) is 1.65. The zero-order valence-corrected chi connectivity index (χ0v) is 17.9. The lowest BCUT2D eigenvalue weighted by atomic mass is 10.2. The molecule has 3 amide bonds. The number of benzene rings is 2. The lowest BCUT2D eigenvalue weighted by Gasteiger charge is -2.36. The van der Waals surface area contributed by atoms with Crippen LogP contribution in [0.2, 0.25) is 0 Å². The van der Waals surface area contributed by atoms with E-state index >= 15 is 0 Å². The number of anilines is 3. The van der Waals surface area contributed by atoms with Gasteiger partial charge in [-0.15, -0.1) is 0 Å². The fourth-order valence-electron chi connectivity index (χ4n) is 3.77. The Bertz CT molecular complexity index is 1010. The van der Waals surface area contributed by atoms with E-state index in [0.717, 1.165) is 26.2 Å². The number of amides is 3. The summed E-state index contributed by atoms with van der Waals surface area (Å²) >= 11 is 0. The van der Waals surface area contributed by atoms with Gasteiger partial charge in [-0.05, 0) is 36.4 Å². The van der Waals surface area contributed by atoms with Crippen LogP contribution in [0, 0.1) is 0 Å². The van der Waals surface area contributed by atoms with Crippen molar-refractivity contribution < 1.29 is 14.4 Å². The highest BCUT2D eigenvalue weighted by Crippen LogP contribution is 2.18. The van der Waals surface area contributed by atoms with E-state index in [1.54, 1.807) is 24.3 Å². The molecular weight excluding hydrogens is 408 g/mol. The molecule has 9 nitrogen and oxygen atoms in total. The van der Waals surface area contributed by atoms with Crippen LogP contribution in [0.1, 0.15) is 13.3 Å². The molecule has 2 aliphatic heterocycles. The van der Waals surface area contributed by atoms with Crippen molar-refractivity contribution in [2.24, 2.45) is 4.99 Å². The van der Waals surface area contributed by atoms with Crippen molar-refractivity contribution in [1.29, 1.82) is 0 Å². The van der Waals surface area contributed by atoms with Crippen LogP contribution in [0.5, 0.6) is 0 Å². The Morgan fingerprint density at radius 3 is 2.16 bits per heavy atom. The molecule has 3 N–H and O–H groups in total. The van der Waals surface area contributed by atoms with Gasteiger partial charge in [0.1, 0.15) is 6.04 Å². The Hall–Kier alpha value is -3.88. The number of nitrogens with one attached hydrogen (secondary N) is 3. The standard InChI is InChI=1S/C23H26N6O3/c1-16(30)24-17-7-9-18(10-8-17)25-21(31)15-20-22(32)27-23(26-20)29-13-11-28(12-14-29)19-5-3-2-4-6-19/h2-10,20H,11-15H2,1H3,(H,24,30)(H,25,31)(H,26,27,32). The number of rotatable bonds is 5. The quantitative estimate of drug-likeness (QED) is 0.664. The van der Waals surface area contributed by atoms with Crippen molar-refractivity contribution in [2.75, 3.05) is 41.7 Å². The fourth-order valence-corrected chi connectivity index (χ4v) is 3.77. The molecule has 2 aromatic carbocycles. The maximum Gasteiger partial charge on any atom is 0.252 e. The Balaban J connectivity index is 1.29. The van der Waals surface area contributed by atoms with E-state index in [1.165, 1.54) is 12.6 Å². The monoisotopic (exact) mass is 434 g/mol. The third kappa shape index (κ3) is 5.23. The van der Waals surface area contributed by atoms with Crippen molar-refractivity contribution in [2.45, 2.75) is 19.4 Å². The van der Waals surface area contributed by atoms with Crippen LogP contribution in [0.4, 0.5) is 17.1 Å². The second-order valence-corrected chi connectivity index (χ2v) is 7.78. The average molecular weight is 435 g/mol. The summed E-state index contributed by atoms with van der Waals surface area (Å²) in [6.07, 6.45) is -0.0350. The molecule has 2 aromatic rings. The number of carbonyl (C=O) groups excluding carboxylic acids is 3. The van der Waals surface area contributed by atoms with Crippen LogP contribution in [0.3, 0.4) is 0 Å². The highest BCUT2D eigenvalue weighted by atomic mass is 16.2. The lowest BCUT2D eigenvalue weighted by Crippen LogP contribution is -2.52. The van der Waals surface area contributed by atoms with Gasteiger partial charge < -0.3 is 20.4 Å². The highest BCUT2D eigenvalue weighted by Gasteiger charge is 2.32. The van der Waals surface area contributed by atoms with Crippen LogP contribution in [-0.2, 0) is 14.4 Å². The van der Waals surface area contributed by atoms with Crippen molar-refractivity contribution in [3.05, 3.63) is 54.6 Å². The summed E-state index contributed by atoms with van der Waals surface area (Å²) in [7, 11) is 0. The molecule has 1 atom stereocenters. The molecule has 0 saturated carbocycles. The molecule has 4 rings (SSSR count). The molecule has 0 bridgehead atoms.